The van der Waals surface area contributed by atoms with E-state index >= 15 is 0 Å². The van der Waals surface area contributed by atoms with Crippen molar-refractivity contribution in [1.82, 2.24) is 15.3 Å². The number of nitrogens with zero attached hydrogens (tertiary/aromatic N) is 3. The molecular formula is C20H25FN4O. The van der Waals surface area contributed by atoms with Crippen molar-refractivity contribution in [2.45, 2.75) is 32.6 Å². The highest BCUT2D eigenvalue weighted by Crippen LogP contribution is 2.23. The molecule has 3 rings (SSSR count). The molecule has 26 heavy (non-hydrogen) atoms. The zero-order chi connectivity index (χ0) is 18.4. The fraction of sp³-hybridized carbons (Fsp3) is 0.450. The van der Waals surface area contributed by atoms with E-state index in [1.165, 1.54) is 12.1 Å². The highest BCUT2D eigenvalue weighted by Gasteiger charge is 2.26. The van der Waals surface area contributed by atoms with E-state index in [0.29, 0.717) is 12.5 Å². The van der Waals surface area contributed by atoms with Gasteiger partial charge in [0.15, 0.2) is 0 Å². The van der Waals surface area contributed by atoms with Crippen LogP contribution in [0.3, 0.4) is 0 Å². The minimum atomic E-state index is -0.261. The summed E-state index contributed by atoms with van der Waals surface area (Å²) in [6.07, 6.45) is 7.44. The predicted octanol–water partition coefficient (Wildman–Crippen LogP) is 3.42. The molecule has 0 aliphatic carbocycles. The molecule has 2 aromatic rings. The Hall–Kier alpha value is -2.50. The van der Waals surface area contributed by atoms with Crippen LogP contribution in [0.25, 0.3) is 11.1 Å². The van der Waals surface area contributed by atoms with Crippen molar-refractivity contribution in [1.29, 1.82) is 0 Å². The van der Waals surface area contributed by atoms with Crippen molar-refractivity contribution < 1.29 is 9.18 Å². The average molecular weight is 356 g/mol. The first-order valence-corrected chi connectivity index (χ1v) is 9.28. The number of aromatic nitrogens is 2. The molecule has 1 fully saturated rings. The van der Waals surface area contributed by atoms with E-state index in [2.05, 4.69) is 27.1 Å². The van der Waals surface area contributed by atoms with E-state index in [0.717, 1.165) is 49.9 Å². The number of nitrogens with one attached hydrogen (secondary N) is 1. The SMILES string of the molecule is CCCCNC(=O)[C@H]1CCCN(c2ncc(-c3ccc(F)cc3)cn2)C1. The molecule has 0 saturated carbocycles. The largest absolute Gasteiger partial charge is 0.356 e. The van der Waals surface area contributed by atoms with Crippen molar-refractivity contribution in [3.63, 3.8) is 0 Å². The van der Waals surface area contributed by atoms with Crippen LogP contribution in [0.5, 0.6) is 0 Å². The Balaban J connectivity index is 1.63. The maximum Gasteiger partial charge on any atom is 0.225 e. The molecule has 0 radical (unpaired) electrons. The third-order valence-corrected chi connectivity index (χ3v) is 4.72. The summed E-state index contributed by atoms with van der Waals surface area (Å²) >= 11 is 0. The van der Waals surface area contributed by atoms with Gasteiger partial charge in [0.25, 0.3) is 0 Å². The molecule has 1 N–H and O–H groups in total. The van der Waals surface area contributed by atoms with E-state index in [4.69, 9.17) is 0 Å². The van der Waals surface area contributed by atoms with Crippen molar-refractivity contribution in [3.05, 3.63) is 42.5 Å². The van der Waals surface area contributed by atoms with Gasteiger partial charge in [-0.15, -0.1) is 0 Å². The molecule has 138 valence electrons. The van der Waals surface area contributed by atoms with Gasteiger partial charge in [0.05, 0.1) is 5.92 Å². The minimum Gasteiger partial charge on any atom is -0.356 e. The van der Waals surface area contributed by atoms with Crippen LogP contribution in [-0.4, -0.2) is 35.5 Å². The van der Waals surface area contributed by atoms with Gasteiger partial charge in [-0.3, -0.25) is 4.79 Å². The van der Waals surface area contributed by atoms with Gasteiger partial charge >= 0.3 is 0 Å². The summed E-state index contributed by atoms with van der Waals surface area (Å²) in [5, 5.41) is 3.02. The summed E-state index contributed by atoms with van der Waals surface area (Å²) < 4.78 is 13.0. The second kappa shape index (κ2) is 8.74. The van der Waals surface area contributed by atoms with Crippen molar-refractivity contribution in [2.24, 2.45) is 5.92 Å². The normalized spacial score (nSPS) is 17.2. The fourth-order valence-corrected chi connectivity index (χ4v) is 3.18. The van der Waals surface area contributed by atoms with E-state index < -0.39 is 0 Å². The second-order valence-electron chi connectivity index (χ2n) is 6.71. The monoisotopic (exact) mass is 356 g/mol. The molecule has 0 unspecified atom stereocenters. The van der Waals surface area contributed by atoms with Gasteiger partial charge in [0, 0.05) is 37.6 Å². The molecule has 6 heteroatoms. The quantitative estimate of drug-likeness (QED) is 0.806. The van der Waals surface area contributed by atoms with E-state index in [9.17, 15) is 9.18 Å². The van der Waals surface area contributed by atoms with Crippen molar-refractivity contribution in [3.8, 4) is 11.1 Å². The summed E-state index contributed by atoms with van der Waals surface area (Å²) in [6, 6.07) is 6.28. The molecule has 1 atom stereocenters. The number of piperidine rings is 1. The lowest BCUT2D eigenvalue weighted by molar-refractivity contribution is -0.125. The summed E-state index contributed by atoms with van der Waals surface area (Å²) in [4.78, 5) is 23.3. The zero-order valence-corrected chi connectivity index (χ0v) is 15.1. The molecule has 2 heterocycles. The summed E-state index contributed by atoms with van der Waals surface area (Å²) in [7, 11) is 0. The van der Waals surface area contributed by atoms with Crippen LogP contribution >= 0.6 is 0 Å². The van der Waals surface area contributed by atoms with Gasteiger partial charge in [-0.2, -0.15) is 0 Å². The van der Waals surface area contributed by atoms with Crippen LogP contribution in [-0.2, 0) is 4.79 Å². The van der Waals surface area contributed by atoms with Gasteiger partial charge in [-0.25, -0.2) is 14.4 Å². The maximum absolute atomic E-state index is 13.0. The highest BCUT2D eigenvalue weighted by molar-refractivity contribution is 5.79. The lowest BCUT2D eigenvalue weighted by atomic mass is 9.97. The number of carbonyl (C=O) groups excluding carboxylic acids is 1. The Kier molecular flexibility index (Phi) is 6.15. The number of hydrogen-bond acceptors (Lipinski definition) is 4. The maximum atomic E-state index is 13.0. The molecular weight excluding hydrogens is 331 g/mol. The molecule has 1 aromatic carbocycles. The van der Waals surface area contributed by atoms with Gasteiger partial charge in [0.2, 0.25) is 11.9 Å². The number of halogens is 1. The van der Waals surface area contributed by atoms with Gasteiger partial charge in [0.1, 0.15) is 5.82 Å². The summed E-state index contributed by atoms with van der Waals surface area (Å²) in [6.45, 7) is 4.36. The highest BCUT2D eigenvalue weighted by atomic mass is 19.1. The standard InChI is InChI=1S/C20H25FN4O/c1-2-3-10-22-19(26)16-5-4-11-25(14-16)20-23-12-17(13-24-20)15-6-8-18(21)9-7-15/h6-9,12-13,16H,2-5,10-11,14H2,1H3,(H,22,26)/t16-/m0/s1. The van der Waals surface area contributed by atoms with Crippen LogP contribution < -0.4 is 10.2 Å². The van der Waals surface area contributed by atoms with Crippen LogP contribution in [0.2, 0.25) is 0 Å². The zero-order valence-electron chi connectivity index (χ0n) is 15.1. The van der Waals surface area contributed by atoms with Crippen LogP contribution in [0.15, 0.2) is 36.7 Å². The first-order chi connectivity index (χ1) is 12.7. The third-order valence-electron chi connectivity index (χ3n) is 4.72. The number of carbonyl (C=O) groups is 1. The molecule has 1 aliphatic heterocycles. The van der Waals surface area contributed by atoms with Crippen LogP contribution in [0.4, 0.5) is 10.3 Å². The van der Waals surface area contributed by atoms with Crippen LogP contribution in [0, 0.1) is 11.7 Å². The lowest BCUT2D eigenvalue weighted by Gasteiger charge is -2.32. The third kappa shape index (κ3) is 4.56. The van der Waals surface area contributed by atoms with E-state index in [1.807, 2.05) is 0 Å². The molecule has 1 aromatic heterocycles. The number of benzene rings is 1. The molecule has 0 bridgehead atoms. The Bertz CT molecular complexity index is 718. The van der Waals surface area contributed by atoms with Gasteiger partial charge in [-0.1, -0.05) is 25.5 Å². The first kappa shape index (κ1) is 18.3. The Labute approximate surface area is 153 Å². The molecule has 1 amide bonds. The van der Waals surface area contributed by atoms with Crippen molar-refractivity contribution >= 4 is 11.9 Å². The second-order valence-corrected chi connectivity index (χ2v) is 6.71. The fourth-order valence-electron chi connectivity index (χ4n) is 3.18. The molecule has 5 nitrogen and oxygen atoms in total. The minimum absolute atomic E-state index is 0.0130. The van der Waals surface area contributed by atoms with E-state index in [1.54, 1.807) is 24.5 Å². The number of rotatable bonds is 6. The molecule has 1 aliphatic rings. The number of anilines is 1. The number of amides is 1. The van der Waals surface area contributed by atoms with E-state index in [-0.39, 0.29) is 17.6 Å². The first-order valence-electron chi connectivity index (χ1n) is 9.28. The summed E-state index contributed by atoms with van der Waals surface area (Å²) in [5.74, 6) is 0.497. The number of unbranched alkanes of at least 4 members (excludes halogenated alkanes) is 1. The lowest BCUT2D eigenvalue weighted by Crippen LogP contribution is -2.43. The predicted molar refractivity (Wildman–Crippen MR) is 100 cm³/mol. The van der Waals surface area contributed by atoms with Crippen molar-refractivity contribution in [2.75, 3.05) is 24.5 Å². The molecule has 0 spiro atoms. The Morgan fingerprint density at radius 3 is 2.65 bits per heavy atom. The smallest absolute Gasteiger partial charge is 0.225 e. The average Bonchev–Trinajstić information content (AvgIpc) is 2.69. The van der Waals surface area contributed by atoms with Gasteiger partial charge < -0.3 is 10.2 Å². The number of hydrogen-bond donors (Lipinski definition) is 1. The Morgan fingerprint density at radius 1 is 1.23 bits per heavy atom. The Morgan fingerprint density at radius 2 is 1.96 bits per heavy atom. The van der Waals surface area contributed by atoms with Gasteiger partial charge in [-0.05, 0) is 37.0 Å². The molecule has 1 saturated heterocycles. The topological polar surface area (TPSA) is 58.1 Å². The summed E-state index contributed by atoms with van der Waals surface area (Å²) in [5.41, 5.74) is 1.73. The van der Waals surface area contributed by atoms with Crippen LogP contribution in [0.1, 0.15) is 32.6 Å².